The van der Waals surface area contributed by atoms with E-state index in [1.54, 1.807) is 0 Å². The summed E-state index contributed by atoms with van der Waals surface area (Å²) < 4.78 is 0. The largest absolute Gasteiger partial charge is 0.316 e. The molecule has 0 aromatic heterocycles. The summed E-state index contributed by atoms with van der Waals surface area (Å²) in [5.74, 6) is 1.55. The summed E-state index contributed by atoms with van der Waals surface area (Å²) in [6.07, 6.45) is 2.59. The highest BCUT2D eigenvalue weighted by Gasteiger charge is 2.33. The van der Waals surface area contributed by atoms with E-state index in [4.69, 9.17) is 11.6 Å². The minimum atomic E-state index is 0.588. The Morgan fingerprint density at radius 3 is 2.61 bits per heavy atom. The number of benzene rings is 1. The first-order chi connectivity index (χ1) is 8.61. The van der Waals surface area contributed by atoms with E-state index >= 15 is 0 Å². The van der Waals surface area contributed by atoms with Crippen LogP contribution in [0.4, 0.5) is 0 Å². The van der Waals surface area contributed by atoms with Crippen LogP contribution in [-0.2, 0) is 0 Å². The van der Waals surface area contributed by atoms with Gasteiger partial charge in [-0.05, 0) is 43.9 Å². The Kier molecular flexibility index (Phi) is 4.99. The van der Waals surface area contributed by atoms with E-state index in [9.17, 15) is 0 Å². The van der Waals surface area contributed by atoms with Crippen molar-refractivity contribution in [3.8, 4) is 0 Å². The lowest BCUT2D eigenvalue weighted by molar-refractivity contribution is 0.257. The van der Waals surface area contributed by atoms with Crippen molar-refractivity contribution in [1.82, 2.24) is 5.32 Å². The minimum Gasteiger partial charge on any atom is -0.316 e. The number of thioether (sulfide) groups is 1. The highest BCUT2D eigenvalue weighted by atomic mass is 35.5. The molecule has 1 aliphatic carbocycles. The second-order valence-corrected chi connectivity index (χ2v) is 7.09. The molecule has 4 atom stereocenters. The topological polar surface area (TPSA) is 12.0 Å². The van der Waals surface area contributed by atoms with Crippen molar-refractivity contribution in [2.24, 2.45) is 11.8 Å². The fraction of sp³-hybridized carbons (Fsp3) is 0.600. The van der Waals surface area contributed by atoms with Crippen LogP contribution in [0.5, 0.6) is 0 Å². The van der Waals surface area contributed by atoms with Gasteiger partial charge in [0.15, 0.2) is 0 Å². The third kappa shape index (κ3) is 3.23. The molecule has 0 radical (unpaired) electrons. The van der Waals surface area contributed by atoms with Gasteiger partial charge in [0, 0.05) is 16.2 Å². The Bertz CT molecular complexity index is 396. The molecule has 0 saturated heterocycles. The Balaban J connectivity index is 2.13. The molecule has 4 unspecified atom stereocenters. The molecular weight excluding hydrogens is 262 g/mol. The molecule has 0 bridgehead atoms. The molecule has 100 valence electrons. The predicted molar refractivity (Wildman–Crippen MR) is 81.5 cm³/mol. The first-order valence-corrected chi connectivity index (χ1v) is 7.96. The van der Waals surface area contributed by atoms with Crippen LogP contribution in [0.2, 0.25) is 5.02 Å². The van der Waals surface area contributed by atoms with E-state index in [1.807, 2.05) is 23.9 Å². The number of nitrogens with one attached hydrogen (secondary N) is 1. The highest BCUT2D eigenvalue weighted by Crippen LogP contribution is 2.41. The number of rotatable bonds is 3. The van der Waals surface area contributed by atoms with E-state index < -0.39 is 0 Å². The van der Waals surface area contributed by atoms with Crippen molar-refractivity contribution in [2.75, 3.05) is 7.05 Å². The molecule has 1 fully saturated rings. The number of hydrogen-bond acceptors (Lipinski definition) is 2. The van der Waals surface area contributed by atoms with Gasteiger partial charge in [0.2, 0.25) is 0 Å². The van der Waals surface area contributed by atoms with Gasteiger partial charge in [-0.2, -0.15) is 0 Å². The molecule has 1 aliphatic rings. The second kappa shape index (κ2) is 6.31. The van der Waals surface area contributed by atoms with Gasteiger partial charge in [-0.1, -0.05) is 37.6 Å². The summed E-state index contributed by atoms with van der Waals surface area (Å²) in [5.41, 5.74) is 0. The summed E-state index contributed by atoms with van der Waals surface area (Å²) in [4.78, 5) is 1.21. The Hall–Kier alpha value is -0.180. The van der Waals surface area contributed by atoms with Gasteiger partial charge < -0.3 is 5.32 Å². The molecule has 0 spiro atoms. The maximum Gasteiger partial charge on any atom is 0.0541 e. The van der Waals surface area contributed by atoms with Gasteiger partial charge in [0.1, 0.15) is 0 Å². The molecule has 3 heteroatoms. The third-order valence-electron chi connectivity index (χ3n) is 3.86. The van der Waals surface area contributed by atoms with Gasteiger partial charge in [0.25, 0.3) is 0 Å². The minimum absolute atomic E-state index is 0.588. The Morgan fingerprint density at radius 2 is 1.94 bits per heavy atom. The zero-order chi connectivity index (χ0) is 13.1. The van der Waals surface area contributed by atoms with Crippen LogP contribution in [0.25, 0.3) is 0 Å². The molecule has 18 heavy (non-hydrogen) atoms. The van der Waals surface area contributed by atoms with E-state index in [-0.39, 0.29) is 0 Å². The smallest absolute Gasteiger partial charge is 0.0541 e. The summed E-state index contributed by atoms with van der Waals surface area (Å²) in [6.45, 7) is 4.73. The van der Waals surface area contributed by atoms with Gasteiger partial charge in [-0.25, -0.2) is 0 Å². The van der Waals surface area contributed by atoms with Crippen molar-refractivity contribution < 1.29 is 0 Å². The summed E-state index contributed by atoms with van der Waals surface area (Å²) >= 11 is 8.21. The average molecular weight is 284 g/mol. The standard InChI is InChI=1S/C15H22ClNS/c1-10-8-11(2)15(13(9-10)17-3)18-14-7-5-4-6-12(14)16/h4-7,10-11,13,15,17H,8-9H2,1-3H3. The van der Waals surface area contributed by atoms with Crippen LogP contribution in [0.1, 0.15) is 26.7 Å². The van der Waals surface area contributed by atoms with Crippen molar-refractivity contribution in [3.05, 3.63) is 29.3 Å². The van der Waals surface area contributed by atoms with Crippen LogP contribution in [0.15, 0.2) is 29.2 Å². The van der Waals surface area contributed by atoms with Crippen LogP contribution in [0.3, 0.4) is 0 Å². The summed E-state index contributed by atoms with van der Waals surface area (Å²) in [7, 11) is 2.08. The summed E-state index contributed by atoms with van der Waals surface area (Å²) in [5, 5.41) is 4.99. The van der Waals surface area contributed by atoms with Gasteiger partial charge in [-0.15, -0.1) is 11.8 Å². The highest BCUT2D eigenvalue weighted by molar-refractivity contribution is 8.00. The van der Waals surface area contributed by atoms with Crippen molar-refractivity contribution in [1.29, 1.82) is 0 Å². The molecule has 1 N–H and O–H groups in total. The lowest BCUT2D eigenvalue weighted by Crippen LogP contribution is -2.44. The fourth-order valence-electron chi connectivity index (χ4n) is 3.00. The zero-order valence-electron chi connectivity index (χ0n) is 11.3. The van der Waals surface area contributed by atoms with E-state index in [1.165, 1.54) is 17.7 Å². The fourth-order valence-corrected chi connectivity index (χ4v) is 4.65. The average Bonchev–Trinajstić information content (AvgIpc) is 2.34. The second-order valence-electron chi connectivity index (χ2n) is 5.46. The monoisotopic (exact) mass is 283 g/mol. The summed E-state index contributed by atoms with van der Waals surface area (Å²) in [6, 6.07) is 8.76. The van der Waals surface area contributed by atoms with E-state index in [0.29, 0.717) is 11.3 Å². The van der Waals surface area contributed by atoms with Gasteiger partial charge in [0.05, 0.1) is 5.02 Å². The van der Waals surface area contributed by atoms with Gasteiger partial charge >= 0.3 is 0 Å². The molecule has 1 saturated carbocycles. The van der Waals surface area contributed by atoms with Crippen molar-refractivity contribution >= 4 is 23.4 Å². The third-order valence-corrected chi connectivity index (χ3v) is 5.98. The molecule has 1 aromatic rings. The molecule has 1 nitrogen and oxygen atoms in total. The molecule has 1 aromatic carbocycles. The van der Waals surface area contributed by atoms with Crippen molar-refractivity contribution in [3.63, 3.8) is 0 Å². The quantitative estimate of drug-likeness (QED) is 0.879. The van der Waals surface area contributed by atoms with Gasteiger partial charge in [-0.3, -0.25) is 0 Å². The first-order valence-electron chi connectivity index (χ1n) is 6.70. The van der Waals surface area contributed by atoms with Crippen LogP contribution in [-0.4, -0.2) is 18.3 Å². The number of hydrogen-bond donors (Lipinski definition) is 1. The normalized spacial score (nSPS) is 32.4. The zero-order valence-corrected chi connectivity index (χ0v) is 12.9. The van der Waals surface area contributed by atoms with E-state index in [0.717, 1.165) is 16.9 Å². The van der Waals surface area contributed by atoms with Crippen LogP contribution < -0.4 is 5.32 Å². The maximum absolute atomic E-state index is 6.27. The van der Waals surface area contributed by atoms with E-state index in [2.05, 4.69) is 38.3 Å². The SMILES string of the molecule is CNC1CC(C)CC(C)C1Sc1ccccc1Cl. The van der Waals surface area contributed by atoms with Crippen LogP contribution in [0, 0.1) is 11.8 Å². The number of halogens is 1. The molecule has 0 heterocycles. The lowest BCUT2D eigenvalue weighted by Gasteiger charge is -2.39. The first kappa shape index (κ1) is 14.2. The Morgan fingerprint density at radius 1 is 1.22 bits per heavy atom. The molecule has 0 aliphatic heterocycles. The van der Waals surface area contributed by atoms with Crippen molar-refractivity contribution in [2.45, 2.75) is 42.9 Å². The molecule has 2 rings (SSSR count). The maximum atomic E-state index is 6.27. The lowest BCUT2D eigenvalue weighted by atomic mass is 9.80. The predicted octanol–water partition coefficient (Wildman–Crippen LogP) is 4.45. The van der Waals surface area contributed by atoms with Crippen LogP contribution >= 0.6 is 23.4 Å². The molecule has 0 amide bonds. The Labute approximate surface area is 120 Å². The molecular formula is C15H22ClNS.